The van der Waals surface area contributed by atoms with Crippen molar-refractivity contribution in [2.45, 2.75) is 83.0 Å². The summed E-state index contributed by atoms with van der Waals surface area (Å²) in [6, 6.07) is 17.1. The first-order valence-electron chi connectivity index (χ1n) is 19.5. The number of fused-ring (bicyclic) bond motifs is 2. The summed E-state index contributed by atoms with van der Waals surface area (Å²) < 4.78 is 15.0. The number of aromatic nitrogens is 4. The number of hydrogen-bond acceptors (Lipinski definition) is 10. The third kappa shape index (κ3) is 8.18. The number of alkyl carbamates (subject to hydrolysis) is 2. The molecule has 0 saturated carbocycles. The largest absolute Gasteiger partial charge is 0.453 e. The summed E-state index contributed by atoms with van der Waals surface area (Å²) in [5, 5.41) is 19.0. The number of aliphatic hydroxyl groups excluding tert-OH is 1. The molecule has 3 amide bonds. The van der Waals surface area contributed by atoms with Crippen molar-refractivity contribution in [1.29, 1.82) is 0 Å². The zero-order valence-electron chi connectivity index (χ0n) is 33.2. The van der Waals surface area contributed by atoms with Crippen LogP contribution in [0.5, 0.6) is 0 Å². The van der Waals surface area contributed by atoms with Crippen LogP contribution < -0.4 is 10.6 Å². The summed E-state index contributed by atoms with van der Waals surface area (Å²) >= 11 is 0. The minimum Gasteiger partial charge on any atom is -0.453 e. The zero-order valence-corrected chi connectivity index (χ0v) is 33.2. The van der Waals surface area contributed by atoms with Crippen LogP contribution in [0.4, 0.5) is 9.59 Å². The molecule has 0 spiro atoms. The molecule has 0 aliphatic carbocycles. The molecule has 5 N–H and O–H groups in total. The average molecular weight is 781 g/mol. The lowest BCUT2D eigenvalue weighted by Gasteiger charge is -2.35. The third-order valence-electron chi connectivity index (χ3n) is 11.5. The molecule has 2 aliphatic heterocycles. The number of rotatable bonds is 12. The molecule has 7 rings (SSSR count). The predicted molar refractivity (Wildman–Crippen MR) is 215 cm³/mol. The van der Waals surface area contributed by atoms with Crippen LogP contribution in [0.3, 0.4) is 0 Å². The maximum absolute atomic E-state index is 13.7. The van der Waals surface area contributed by atoms with Crippen molar-refractivity contribution in [3.63, 3.8) is 0 Å². The monoisotopic (exact) mass is 780 g/mol. The summed E-state index contributed by atoms with van der Waals surface area (Å²) in [6.45, 7) is 6.89. The van der Waals surface area contributed by atoms with Gasteiger partial charge in [-0.1, -0.05) is 44.2 Å². The molecule has 2 aliphatic rings. The summed E-state index contributed by atoms with van der Waals surface area (Å²) in [7, 11) is 4.09. The Hall–Kier alpha value is -5.51. The maximum atomic E-state index is 13.7. The number of imidazole rings is 2. The Morgan fingerprint density at radius 1 is 0.807 bits per heavy atom. The SMILES string of the molecule is COC(=O)NC(C(=O)N1CCCC1c1nc2ccc(-c3ccc4cc(-c5cnc(C6CCCN6C(O)C(NC(=O)OC)C(C)C)[nH]5)ccc4c3)cc2[nH]1)C(C)OC. The van der Waals surface area contributed by atoms with Gasteiger partial charge in [0.05, 0.1) is 61.4 Å². The van der Waals surface area contributed by atoms with Crippen LogP contribution >= 0.6 is 0 Å². The van der Waals surface area contributed by atoms with Crippen LogP contribution in [0, 0.1) is 5.92 Å². The highest BCUT2D eigenvalue weighted by Crippen LogP contribution is 2.36. The van der Waals surface area contributed by atoms with E-state index in [1.54, 1.807) is 11.8 Å². The number of amides is 3. The highest BCUT2D eigenvalue weighted by Gasteiger charge is 2.40. The lowest BCUT2D eigenvalue weighted by molar-refractivity contribution is -0.137. The van der Waals surface area contributed by atoms with Crippen molar-refractivity contribution in [2.75, 3.05) is 34.4 Å². The Morgan fingerprint density at radius 3 is 2.18 bits per heavy atom. The summed E-state index contributed by atoms with van der Waals surface area (Å²) in [5.74, 6) is 1.23. The van der Waals surface area contributed by atoms with Crippen LogP contribution in [0.15, 0.2) is 60.8 Å². The molecule has 2 saturated heterocycles. The van der Waals surface area contributed by atoms with Crippen LogP contribution in [-0.4, -0.2) is 112 Å². The van der Waals surface area contributed by atoms with Crippen molar-refractivity contribution in [3.05, 3.63) is 72.4 Å². The van der Waals surface area contributed by atoms with Gasteiger partial charge in [0.25, 0.3) is 0 Å². The number of methoxy groups -OCH3 is 3. The minimum atomic E-state index is -0.898. The van der Waals surface area contributed by atoms with Crippen molar-refractivity contribution in [3.8, 4) is 22.4 Å². The van der Waals surface area contributed by atoms with Gasteiger partial charge in [-0.05, 0) is 84.7 Å². The molecular formula is C42H52N8O7. The molecule has 2 fully saturated rings. The maximum Gasteiger partial charge on any atom is 0.407 e. The number of carbonyl (C=O) groups excluding carboxylic acids is 3. The molecule has 15 nitrogen and oxygen atoms in total. The van der Waals surface area contributed by atoms with E-state index in [-0.39, 0.29) is 23.9 Å². The number of likely N-dealkylation sites (tertiary alicyclic amines) is 2. The fourth-order valence-electron chi connectivity index (χ4n) is 8.19. The van der Waals surface area contributed by atoms with E-state index >= 15 is 0 Å². The standard InChI is InChI=1S/C42H52N8O7/c1-23(2)35(47-41(53)56-5)39(51)49-17-7-9-33(49)37-43-22-32(46-37)29-14-13-25-19-26(11-12-27(25)20-29)28-15-16-30-31(21-28)45-38(44-30)34-10-8-18-50(34)40(52)36(24(3)55-4)48-42(54)57-6/h11-16,19-24,33-36,39,51H,7-10,17-18H2,1-6H3,(H,43,46)(H,44,45)(H,47,53)(H,48,54). The Labute approximate surface area is 331 Å². The first-order valence-corrected chi connectivity index (χ1v) is 19.5. The van der Waals surface area contributed by atoms with Crippen molar-refractivity contribution in [1.82, 2.24) is 40.4 Å². The molecule has 3 aromatic carbocycles. The van der Waals surface area contributed by atoms with E-state index in [1.807, 2.05) is 31.0 Å². The fourth-order valence-corrected chi connectivity index (χ4v) is 8.19. The summed E-state index contributed by atoms with van der Waals surface area (Å²) in [6.07, 6.45) is 2.42. The third-order valence-corrected chi connectivity index (χ3v) is 11.5. The zero-order chi connectivity index (χ0) is 40.4. The minimum absolute atomic E-state index is 0.0114. The van der Waals surface area contributed by atoms with E-state index in [0.717, 1.165) is 75.7 Å². The van der Waals surface area contributed by atoms with Gasteiger partial charge in [0, 0.05) is 25.8 Å². The van der Waals surface area contributed by atoms with Gasteiger partial charge in [0.2, 0.25) is 5.91 Å². The van der Waals surface area contributed by atoms with Gasteiger partial charge in [0.1, 0.15) is 23.9 Å². The second-order valence-corrected chi connectivity index (χ2v) is 15.3. The van der Waals surface area contributed by atoms with Crippen LogP contribution in [0.1, 0.15) is 70.2 Å². The van der Waals surface area contributed by atoms with E-state index in [1.165, 1.54) is 21.3 Å². The Bertz CT molecular complexity index is 2240. The second-order valence-electron chi connectivity index (χ2n) is 15.3. The summed E-state index contributed by atoms with van der Waals surface area (Å²) in [4.78, 5) is 58.2. The van der Waals surface area contributed by atoms with Gasteiger partial charge in [-0.25, -0.2) is 19.6 Å². The molecule has 0 radical (unpaired) electrons. The smallest absolute Gasteiger partial charge is 0.407 e. The van der Waals surface area contributed by atoms with E-state index < -0.39 is 36.6 Å². The molecule has 2 aromatic heterocycles. The van der Waals surface area contributed by atoms with Gasteiger partial charge >= 0.3 is 12.2 Å². The number of nitrogens with one attached hydrogen (secondary N) is 4. The van der Waals surface area contributed by atoms with E-state index in [4.69, 9.17) is 24.2 Å². The van der Waals surface area contributed by atoms with Gasteiger partial charge < -0.3 is 44.8 Å². The van der Waals surface area contributed by atoms with Crippen LogP contribution in [-0.2, 0) is 19.0 Å². The molecule has 4 heterocycles. The van der Waals surface area contributed by atoms with Gasteiger partial charge in [-0.15, -0.1) is 0 Å². The summed E-state index contributed by atoms with van der Waals surface area (Å²) in [5.41, 5.74) is 5.65. The number of aromatic amines is 2. The number of carbonyl (C=O) groups is 3. The molecule has 0 bridgehead atoms. The highest BCUT2D eigenvalue weighted by atomic mass is 16.5. The van der Waals surface area contributed by atoms with E-state index in [2.05, 4.69) is 69.1 Å². The molecule has 5 aromatic rings. The van der Waals surface area contributed by atoms with Crippen LogP contribution in [0.2, 0.25) is 0 Å². The quantitative estimate of drug-likeness (QED) is 0.100. The fraction of sp³-hybridized carbons (Fsp3) is 0.452. The van der Waals surface area contributed by atoms with E-state index in [9.17, 15) is 19.5 Å². The molecule has 302 valence electrons. The van der Waals surface area contributed by atoms with Gasteiger partial charge in [-0.2, -0.15) is 0 Å². The Morgan fingerprint density at radius 2 is 1.46 bits per heavy atom. The van der Waals surface area contributed by atoms with Crippen molar-refractivity contribution >= 4 is 39.9 Å². The lowest BCUT2D eigenvalue weighted by Crippen LogP contribution is -2.54. The lowest BCUT2D eigenvalue weighted by atomic mass is 9.99. The first-order chi connectivity index (χ1) is 27.5. The van der Waals surface area contributed by atoms with E-state index in [0.29, 0.717) is 18.9 Å². The van der Waals surface area contributed by atoms with Gasteiger partial charge in [0.15, 0.2) is 0 Å². The molecule has 15 heteroatoms. The number of ether oxygens (including phenoxy) is 3. The number of hydrogen-bond donors (Lipinski definition) is 5. The molecule has 6 atom stereocenters. The first kappa shape index (κ1) is 39.7. The molecule has 57 heavy (non-hydrogen) atoms. The number of benzene rings is 3. The number of H-pyrrole nitrogens is 2. The predicted octanol–water partition coefficient (Wildman–Crippen LogP) is 6.03. The van der Waals surface area contributed by atoms with Crippen molar-refractivity contribution < 1.29 is 33.7 Å². The topological polar surface area (TPSA) is 187 Å². The second kappa shape index (κ2) is 16.9. The molecule has 6 unspecified atom stereocenters. The highest BCUT2D eigenvalue weighted by molar-refractivity contribution is 5.92. The van der Waals surface area contributed by atoms with Gasteiger partial charge in [-0.3, -0.25) is 9.69 Å². The van der Waals surface area contributed by atoms with Crippen molar-refractivity contribution in [2.24, 2.45) is 5.92 Å². The Balaban J connectivity index is 1.07. The number of nitrogens with zero attached hydrogens (tertiary/aromatic N) is 4. The average Bonchev–Trinajstić information content (AvgIpc) is 4.06. The van der Waals surface area contributed by atoms with Crippen LogP contribution in [0.25, 0.3) is 44.2 Å². The normalized spacial score (nSPS) is 19.5. The molecular weight excluding hydrogens is 729 g/mol. The Kier molecular flexibility index (Phi) is 11.8. The number of aliphatic hydroxyl groups is 1.